The fraction of sp³-hybridized carbons (Fsp3) is 0.923. The second-order valence-electron chi connectivity index (χ2n) is 5.65. The van der Waals surface area contributed by atoms with Gasteiger partial charge in [-0.3, -0.25) is 4.99 Å². The Hall–Kier alpha value is -0.770. The molecule has 0 amide bonds. The molecule has 0 saturated carbocycles. The van der Waals surface area contributed by atoms with E-state index < -0.39 is 0 Å². The summed E-state index contributed by atoms with van der Waals surface area (Å²) in [6, 6.07) is 0.609. The molecule has 0 aromatic carbocycles. The highest BCUT2D eigenvalue weighted by Crippen LogP contribution is 2.17. The Kier molecular flexibility index (Phi) is 4.26. The van der Waals surface area contributed by atoms with Crippen LogP contribution in [0.3, 0.4) is 0 Å². The number of nitrogens with two attached hydrogens (primary N) is 1. The van der Waals surface area contributed by atoms with Gasteiger partial charge in [0.25, 0.3) is 0 Å². The molecule has 2 N–H and O–H groups in total. The van der Waals surface area contributed by atoms with E-state index in [9.17, 15) is 0 Å². The summed E-state index contributed by atoms with van der Waals surface area (Å²) in [5.74, 6) is 1.61. The molecule has 2 fully saturated rings. The molecule has 0 aromatic rings. The highest BCUT2D eigenvalue weighted by atomic mass is 15.3. The number of rotatable bonds is 2. The van der Waals surface area contributed by atoms with Gasteiger partial charge >= 0.3 is 0 Å². The third-order valence-corrected chi connectivity index (χ3v) is 4.24. The number of hydrogen-bond donors (Lipinski definition) is 1. The van der Waals surface area contributed by atoms with Gasteiger partial charge in [-0.15, -0.1) is 0 Å². The molecule has 98 valence electrons. The third-order valence-electron chi connectivity index (χ3n) is 4.24. The molecule has 2 aliphatic rings. The molecule has 2 heterocycles. The number of likely N-dealkylation sites (N-methyl/N-ethyl adjacent to an activating group) is 1. The number of likely N-dealkylation sites (tertiary alicyclic amines) is 2. The van der Waals surface area contributed by atoms with E-state index in [4.69, 9.17) is 5.73 Å². The van der Waals surface area contributed by atoms with Gasteiger partial charge in [0, 0.05) is 19.1 Å². The van der Waals surface area contributed by atoms with Crippen LogP contribution in [-0.2, 0) is 0 Å². The van der Waals surface area contributed by atoms with Gasteiger partial charge in [0.15, 0.2) is 5.96 Å². The molecule has 2 rings (SSSR count). The van der Waals surface area contributed by atoms with E-state index in [2.05, 4.69) is 28.8 Å². The quantitative estimate of drug-likeness (QED) is 0.579. The van der Waals surface area contributed by atoms with Crippen LogP contribution in [0.2, 0.25) is 0 Å². The van der Waals surface area contributed by atoms with E-state index in [-0.39, 0.29) is 0 Å². The van der Waals surface area contributed by atoms with E-state index in [1.165, 1.54) is 32.2 Å². The van der Waals surface area contributed by atoms with Crippen molar-refractivity contribution in [3.8, 4) is 0 Å². The van der Waals surface area contributed by atoms with Crippen LogP contribution in [0.5, 0.6) is 0 Å². The first-order chi connectivity index (χ1) is 8.16. The van der Waals surface area contributed by atoms with Crippen molar-refractivity contribution in [2.24, 2.45) is 16.6 Å². The summed E-state index contributed by atoms with van der Waals surface area (Å²) in [6.07, 6.45) is 5.07. The second kappa shape index (κ2) is 5.71. The minimum atomic E-state index is 0.609. The van der Waals surface area contributed by atoms with Crippen LogP contribution in [0.15, 0.2) is 4.99 Å². The summed E-state index contributed by atoms with van der Waals surface area (Å²) in [6.45, 7) is 6.56. The summed E-state index contributed by atoms with van der Waals surface area (Å²) in [7, 11) is 2.19. The van der Waals surface area contributed by atoms with Crippen LogP contribution in [0.4, 0.5) is 0 Å². The van der Waals surface area contributed by atoms with Crippen LogP contribution in [0.1, 0.15) is 32.6 Å². The van der Waals surface area contributed by atoms with E-state index in [1.54, 1.807) is 0 Å². The first-order valence-electron chi connectivity index (χ1n) is 6.92. The number of aliphatic imine (C=N–C) groups is 1. The van der Waals surface area contributed by atoms with E-state index in [1.807, 2.05) is 0 Å². The second-order valence-corrected chi connectivity index (χ2v) is 5.65. The molecule has 4 heteroatoms. The maximum atomic E-state index is 6.07. The van der Waals surface area contributed by atoms with Crippen molar-refractivity contribution >= 4 is 5.96 Å². The van der Waals surface area contributed by atoms with Gasteiger partial charge in [-0.05, 0) is 45.2 Å². The summed E-state index contributed by atoms with van der Waals surface area (Å²) in [4.78, 5) is 9.23. The number of guanidine groups is 1. The molecular weight excluding hydrogens is 212 g/mol. The Labute approximate surface area is 105 Å². The van der Waals surface area contributed by atoms with Crippen molar-refractivity contribution in [3.05, 3.63) is 0 Å². The summed E-state index contributed by atoms with van der Waals surface area (Å²) in [5, 5.41) is 0. The Morgan fingerprint density at radius 3 is 2.53 bits per heavy atom. The van der Waals surface area contributed by atoms with Crippen molar-refractivity contribution in [1.29, 1.82) is 0 Å². The summed E-state index contributed by atoms with van der Waals surface area (Å²) in [5.41, 5.74) is 6.07. The van der Waals surface area contributed by atoms with E-state index >= 15 is 0 Å². The van der Waals surface area contributed by atoms with Gasteiger partial charge in [0.05, 0.1) is 6.54 Å². The van der Waals surface area contributed by atoms with Crippen LogP contribution < -0.4 is 5.73 Å². The monoisotopic (exact) mass is 238 g/mol. The minimum absolute atomic E-state index is 0.609. The first kappa shape index (κ1) is 12.7. The van der Waals surface area contributed by atoms with Crippen molar-refractivity contribution in [1.82, 2.24) is 9.80 Å². The first-order valence-corrected chi connectivity index (χ1v) is 6.92. The van der Waals surface area contributed by atoms with Crippen LogP contribution in [0, 0.1) is 5.92 Å². The average Bonchev–Trinajstić information content (AvgIpc) is 2.73. The normalized spacial score (nSPS) is 28.9. The van der Waals surface area contributed by atoms with Gasteiger partial charge in [0.2, 0.25) is 0 Å². The highest BCUT2D eigenvalue weighted by molar-refractivity contribution is 5.78. The molecule has 1 atom stereocenters. The fourth-order valence-electron chi connectivity index (χ4n) is 2.75. The van der Waals surface area contributed by atoms with Crippen LogP contribution >= 0.6 is 0 Å². The maximum Gasteiger partial charge on any atom is 0.191 e. The summed E-state index contributed by atoms with van der Waals surface area (Å²) < 4.78 is 0. The largest absolute Gasteiger partial charge is 0.370 e. The summed E-state index contributed by atoms with van der Waals surface area (Å²) >= 11 is 0. The van der Waals surface area contributed by atoms with Crippen molar-refractivity contribution in [3.63, 3.8) is 0 Å². The fourth-order valence-corrected chi connectivity index (χ4v) is 2.75. The SMILES string of the molecule is CC1CCN(C(N)=NCC2CCCN2C)CC1. The van der Waals surface area contributed by atoms with Gasteiger partial charge < -0.3 is 15.5 Å². The standard InChI is InChI=1S/C13H26N4/c1-11-5-8-17(9-6-11)13(14)15-10-12-4-3-7-16(12)2/h11-12H,3-10H2,1-2H3,(H2,14,15). The lowest BCUT2D eigenvalue weighted by molar-refractivity contribution is 0.275. The minimum Gasteiger partial charge on any atom is -0.370 e. The predicted octanol–water partition coefficient (Wildman–Crippen LogP) is 1.13. The van der Waals surface area contributed by atoms with E-state index in [0.717, 1.165) is 31.5 Å². The van der Waals surface area contributed by atoms with Gasteiger partial charge in [-0.2, -0.15) is 0 Å². The van der Waals surface area contributed by atoms with Crippen LogP contribution in [-0.4, -0.2) is 55.0 Å². The smallest absolute Gasteiger partial charge is 0.191 e. The Morgan fingerprint density at radius 1 is 1.24 bits per heavy atom. The van der Waals surface area contributed by atoms with Crippen LogP contribution in [0.25, 0.3) is 0 Å². The van der Waals surface area contributed by atoms with Gasteiger partial charge in [-0.1, -0.05) is 6.92 Å². The zero-order chi connectivity index (χ0) is 12.3. The average molecular weight is 238 g/mol. The predicted molar refractivity (Wildman–Crippen MR) is 72.1 cm³/mol. The Balaban J connectivity index is 1.80. The molecule has 0 radical (unpaired) electrons. The molecule has 0 spiro atoms. The lowest BCUT2D eigenvalue weighted by Gasteiger charge is -2.31. The number of nitrogens with zero attached hydrogens (tertiary/aromatic N) is 3. The van der Waals surface area contributed by atoms with Gasteiger partial charge in [0.1, 0.15) is 0 Å². The molecule has 0 bridgehead atoms. The molecule has 1 unspecified atom stereocenters. The van der Waals surface area contributed by atoms with Crippen molar-refractivity contribution in [2.75, 3.05) is 33.2 Å². The zero-order valence-corrected chi connectivity index (χ0v) is 11.2. The third kappa shape index (κ3) is 3.35. The lowest BCUT2D eigenvalue weighted by Crippen LogP contribution is -2.43. The van der Waals surface area contributed by atoms with Gasteiger partial charge in [-0.25, -0.2) is 0 Å². The molecule has 0 aromatic heterocycles. The lowest BCUT2D eigenvalue weighted by atomic mass is 10.00. The number of hydrogen-bond acceptors (Lipinski definition) is 2. The highest BCUT2D eigenvalue weighted by Gasteiger charge is 2.21. The van der Waals surface area contributed by atoms with Crippen molar-refractivity contribution < 1.29 is 0 Å². The Bertz CT molecular complexity index is 269. The molecule has 2 saturated heterocycles. The topological polar surface area (TPSA) is 44.9 Å². The zero-order valence-electron chi connectivity index (χ0n) is 11.2. The molecular formula is C13H26N4. The molecule has 0 aliphatic carbocycles. The molecule has 2 aliphatic heterocycles. The Morgan fingerprint density at radius 2 is 1.94 bits per heavy atom. The molecule has 4 nitrogen and oxygen atoms in total. The van der Waals surface area contributed by atoms with Crippen molar-refractivity contribution in [2.45, 2.75) is 38.6 Å². The number of piperidine rings is 1. The molecule has 17 heavy (non-hydrogen) atoms. The maximum absolute atomic E-state index is 6.07. The van der Waals surface area contributed by atoms with E-state index in [0.29, 0.717) is 6.04 Å².